The third-order valence-corrected chi connectivity index (χ3v) is 11.2. The summed E-state index contributed by atoms with van der Waals surface area (Å²) in [5.74, 6) is -0.440. The molecule has 2 amide bonds. The van der Waals surface area contributed by atoms with Gasteiger partial charge in [0.25, 0.3) is 5.91 Å². The van der Waals surface area contributed by atoms with Gasteiger partial charge < -0.3 is 33.9 Å². The van der Waals surface area contributed by atoms with Gasteiger partial charge in [0.05, 0.1) is 45.1 Å². The number of amides is 2. The Kier molecular flexibility index (Phi) is 8.75. The maximum atomic E-state index is 14.3. The van der Waals surface area contributed by atoms with Crippen LogP contribution in [-0.2, 0) is 29.5 Å². The molecule has 3 aliphatic heterocycles. The van der Waals surface area contributed by atoms with Gasteiger partial charge in [0.15, 0.2) is 13.9 Å². The fraction of sp³-hybridized carbons (Fsp3) is 0.679. The van der Waals surface area contributed by atoms with E-state index in [4.69, 9.17) is 14.2 Å². The lowest BCUT2D eigenvalue weighted by molar-refractivity contribution is -0.150. The van der Waals surface area contributed by atoms with Gasteiger partial charge in [-0.2, -0.15) is 0 Å². The van der Waals surface area contributed by atoms with Crippen LogP contribution in [0.3, 0.4) is 0 Å². The van der Waals surface area contributed by atoms with Crippen molar-refractivity contribution < 1.29 is 38.5 Å². The van der Waals surface area contributed by atoms with E-state index in [-0.39, 0.29) is 48.8 Å². The number of carbonyl (C=O) groups is 3. The van der Waals surface area contributed by atoms with E-state index in [1.165, 1.54) is 7.11 Å². The summed E-state index contributed by atoms with van der Waals surface area (Å²) in [6, 6.07) is 5.27. The number of aliphatic hydroxyl groups is 1. The average molecular weight is 563 g/mol. The lowest BCUT2D eigenvalue weighted by atomic mass is 9.82. The van der Waals surface area contributed by atoms with Crippen LogP contribution >= 0.6 is 0 Å². The minimum Gasteiger partial charge on any atom is -0.497 e. The molecule has 4 rings (SSSR count). The van der Waals surface area contributed by atoms with Gasteiger partial charge in [-0.3, -0.25) is 14.4 Å². The Balaban J connectivity index is 1.67. The Labute approximate surface area is 231 Å². The molecule has 1 aromatic carbocycles. The van der Waals surface area contributed by atoms with Crippen LogP contribution in [0.4, 0.5) is 5.69 Å². The fourth-order valence-corrected chi connectivity index (χ4v) is 9.44. The van der Waals surface area contributed by atoms with Crippen molar-refractivity contribution in [3.8, 4) is 5.75 Å². The molecule has 11 heteroatoms. The molecule has 2 fully saturated rings. The summed E-state index contributed by atoms with van der Waals surface area (Å²) in [5, 5.41) is 9.75. The van der Waals surface area contributed by atoms with E-state index in [2.05, 4.69) is 0 Å². The summed E-state index contributed by atoms with van der Waals surface area (Å²) in [4.78, 5) is 54.2. The van der Waals surface area contributed by atoms with Gasteiger partial charge in [-0.05, 0) is 57.0 Å². The highest BCUT2D eigenvalue weighted by Crippen LogP contribution is 2.60. The first-order valence-corrected chi connectivity index (χ1v) is 16.9. The zero-order valence-electron chi connectivity index (χ0n) is 23.6. The van der Waals surface area contributed by atoms with Gasteiger partial charge in [-0.15, -0.1) is 0 Å². The number of ether oxygens (including phenoxy) is 3. The third kappa shape index (κ3) is 5.33. The van der Waals surface area contributed by atoms with E-state index in [0.29, 0.717) is 42.9 Å². The van der Waals surface area contributed by atoms with E-state index < -0.39 is 25.9 Å². The zero-order chi connectivity index (χ0) is 28.5. The first-order valence-electron chi connectivity index (χ1n) is 13.9. The maximum absolute atomic E-state index is 14.3. The molecule has 39 heavy (non-hydrogen) atoms. The average Bonchev–Trinajstić information content (AvgIpc) is 3.56. The van der Waals surface area contributed by atoms with Crippen molar-refractivity contribution in [2.45, 2.75) is 81.8 Å². The first kappa shape index (κ1) is 29.5. The smallest absolute Gasteiger partial charge is 0.305 e. The Hall–Kier alpha value is -2.47. The lowest BCUT2D eigenvalue weighted by Gasteiger charge is -2.32. The van der Waals surface area contributed by atoms with Crippen LogP contribution in [-0.4, -0.2) is 87.0 Å². The molecule has 0 saturated carbocycles. The van der Waals surface area contributed by atoms with Crippen molar-refractivity contribution >= 4 is 31.8 Å². The van der Waals surface area contributed by atoms with Gasteiger partial charge >= 0.3 is 5.97 Å². The molecular weight excluding hydrogens is 520 g/mol. The largest absolute Gasteiger partial charge is 0.497 e. The first-order chi connectivity index (χ1) is 18.5. The number of aliphatic hydroxyl groups excluding tert-OH is 1. The summed E-state index contributed by atoms with van der Waals surface area (Å²) in [6.45, 7) is 6.49. The quantitative estimate of drug-likeness (QED) is 0.253. The molecule has 216 valence electrons. The number of rotatable bonds is 10. The molecule has 2 N–H and O–H groups in total. The molecular formula is C28H42N2O8Si. The normalized spacial score (nSPS) is 28.3. The summed E-state index contributed by atoms with van der Waals surface area (Å²) < 4.78 is 17.0. The molecule has 5 atom stereocenters. The number of unbranched alkanes of at least 4 members (excludes halogenated alkanes) is 1. The van der Waals surface area contributed by atoms with Crippen molar-refractivity contribution in [3.63, 3.8) is 0 Å². The molecule has 0 aliphatic carbocycles. The number of likely N-dealkylation sites (tertiary alicyclic amines) is 1. The molecule has 10 nitrogen and oxygen atoms in total. The minimum atomic E-state index is -2.92. The van der Waals surface area contributed by atoms with Crippen molar-refractivity contribution in [2.24, 2.45) is 5.92 Å². The molecule has 0 radical (unpaired) electrons. The van der Waals surface area contributed by atoms with Crippen molar-refractivity contribution in [3.05, 3.63) is 23.8 Å². The van der Waals surface area contributed by atoms with Crippen LogP contribution in [0.15, 0.2) is 18.2 Å². The molecule has 1 aromatic rings. The zero-order valence-corrected chi connectivity index (χ0v) is 24.6. The second-order valence-electron chi connectivity index (χ2n) is 11.5. The fourth-order valence-electron chi connectivity index (χ4n) is 6.89. The SMILES string of the molecule is COC(=O)CCCCN1C(=O)[C@@]2(O[C@@H](CC(=O)N3CCC[C@H]3CO)[C@H]([Si](C)(C)O)[C@H]2C)c2cc(OC)ccc21. The highest BCUT2D eigenvalue weighted by Gasteiger charge is 2.66. The maximum Gasteiger partial charge on any atom is 0.305 e. The highest BCUT2D eigenvalue weighted by atomic mass is 28.4. The van der Waals surface area contributed by atoms with Gasteiger partial charge in [-0.25, -0.2) is 0 Å². The third-order valence-electron chi connectivity index (χ3n) is 8.72. The Morgan fingerprint density at radius 3 is 2.62 bits per heavy atom. The number of hydrogen-bond acceptors (Lipinski definition) is 8. The number of benzene rings is 1. The highest BCUT2D eigenvalue weighted by molar-refractivity contribution is 6.71. The Bertz CT molecular complexity index is 1090. The number of esters is 1. The molecule has 0 aromatic heterocycles. The van der Waals surface area contributed by atoms with Crippen LogP contribution < -0.4 is 9.64 Å². The van der Waals surface area contributed by atoms with Crippen molar-refractivity contribution in [1.82, 2.24) is 4.90 Å². The standard InChI is InChI=1S/C28H42N2O8Si/c1-18-26(39(4,5)35)23(16-24(32)29-14-8-9-19(29)17-31)38-28(18)21-15-20(36-2)11-12-22(21)30(27(28)34)13-7-6-10-25(33)37-3/h11-12,15,18-19,23,26,31,35H,6-10,13-14,16-17H2,1-5H3/t18-,19+,23+,26-,28+/m1/s1. The number of carbonyl (C=O) groups excluding carboxylic acids is 3. The van der Waals surface area contributed by atoms with E-state index >= 15 is 0 Å². The van der Waals surface area contributed by atoms with Crippen molar-refractivity contribution in [1.29, 1.82) is 0 Å². The van der Waals surface area contributed by atoms with Gasteiger partial charge in [0.2, 0.25) is 5.91 Å². The second kappa shape index (κ2) is 11.6. The van der Waals surface area contributed by atoms with E-state index in [9.17, 15) is 24.3 Å². The van der Waals surface area contributed by atoms with Crippen LogP contribution in [0, 0.1) is 5.92 Å². The second-order valence-corrected chi connectivity index (χ2v) is 15.5. The predicted molar refractivity (Wildman–Crippen MR) is 147 cm³/mol. The number of nitrogens with zero attached hydrogens (tertiary/aromatic N) is 2. The Morgan fingerprint density at radius 1 is 1.23 bits per heavy atom. The molecule has 0 bridgehead atoms. The van der Waals surface area contributed by atoms with Crippen LogP contribution in [0.1, 0.15) is 51.0 Å². The molecule has 1 spiro atoms. The predicted octanol–water partition coefficient (Wildman–Crippen LogP) is 2.56. The molecule has 3 heterocycles. The van der Waals surface area contributed by atoms with E-state index in [0.717, 1.165) is 12.8 Å². The summed E-state index contributed by atoms with van der Waals surface area (Å²) in [6.07, 6.45) is 2.42. The van der Waals surface area contributed by atoms with Gasteiger partial charge in [-0.1, -0.05) is 6.92 Å². The number of hydrogen-bond donors (Lipinski definition) is 2. The summed E-state index contributed by atoms with van der Waals surface area (Å²) in [7, 11) is 0.00587. The van der Waals surface area contributed by atoms with Crippen LogP contribution in [0.2, 0.25) is 18.6 Å². The lowest BCUT2D eigenvalue weighted by Crippen LogP contribution is -2.46. The molecule has 2 saturated heterocycles. The molecule has 3 aliphatic rings. The van der Waals surface area contributed by atoms with Crippen LogP contribution in [0.25, 0.3) is 0 Å². The topological polar surface area (TPSA) is 126 Å². The minimum absolute atomic E-state index is 0.0377. The molecule has 0 unspecified atom stereocenters. The van der Waals surface area contributed by atoms with E-state index in [1.807, 2.05) is 32.2 Å². The monoisotopic (exact) mass is 562 g/mol. The van der Waals surface area contributed by atoms with Gasteiger partial charge in [0, 0.05) is 36.5 Å². The number of methoxy groups -OCH3 is 2. The summed E-state index contributed by atoms with van der Waals surface area (Å²) in [5.41, 5.74) is -0.344. The summed E-state index contributed by atoms with van der Waals surface area (Å²) >= 11 is 0. The Morgan fingerprint density at radius 2 is 1.97 bits per heavy atom. The van der Waals surface area contributed by atoms with Crippen molar-refractivity contribution in [2.75, 3.05) is 38.8 Å². The van der Waals surface area contributed by atoms with Gasteiger partial charge in [0.1, 0.15) is 5.75 Å². The van der Waals surface area contributed by atoms with E-state index in [1.54, 1.807) is 23.0 Å². The van der Waals surface area contributed by atoms with Crippen LogP contribution in [0.5, 0.6) is 5.75 Å². The number of anilines is 1. The number of fused-ring (bicyclic) bond motifs is 2.